The van der Waals surface area contributed by atoms with Crippen LogP contribution in [0, 0.1) is 11.3 Å². The molecule has 47 heavy (non-hydrogen) atoms. The van der Waals surface area contributed by atoms with Crippen LogP contribution >= 0.6 is 0 Å². The lowest BCUT2D eigenvalue weighted by atomic mass is 9.90. The smallest absolute Gasteiger partial charge is 0.335 e. The summed E-state index contributed by atoms with van der Waals surface area (Å²) in [5, 5.41) is 13.0. The molecular weight excluding hydrogens is 596 g/mol. The number of hydrogen-bond acceptors (Lipinski definition) is 9. The van der Waals surface area contributed by atoms with Gasteiger partial charge in [0.1, 0.15) is 35.0 Å². The van der Waals surface area contributed by atoms with E-state index in [9.17, 15) is 14.9 Å². The number of rotatable bonds is 10. The van der Waals surface area contributed by atoms with Crippen LogP contribution in [0.2, 0.25) is 0 Å². The quantitative estimate of drug-likeness (QED) is 0.189. The van der Waals surface area contributed by atoms with Gasteiger partial charge in [-0.1, -0.05) is 25.1 Å². The van der Waals surface area contributed by atoms with Gasteiger partial charge in [0.05, 0.1) is 24.9 Å². The molecule has 1 aliphatic heterocycles. The number of amides is 1. The Morgan fingerprint density at radius 3 is 2.40 bits per heavy atom. The first-order chi connectivity index (χ1) is 22.7. The topological polar surface area (TPSA) is 153 Å². The number of aromatic nitrogens is 4. The first-order valence-electron chi connectivity index (χ1n) is 16.0. The van der Waals surface area contributed by atoms with Crippen LogP contribution in [0.5, 0.6) is 11.5 Å². The molecule has 3 heterocycles. The molecule has 12 nitrogen and oxygen atoms in total. The van der Waals surface area contributed by atoms with Crippen LogP contribution in [0.1, 0.15) is 52.5 Å². The van der Waals surface area contributed by atoms with Crippen molar-refractivity contribution in [3.8, 4) is 23.3 Å². The summed E-state index contributed by atoms with van der Waals surface area (Å²) in [6, 6.07) is 18.8. The van der Waals surface area contributed by atoms with Crippen LogP contribution in [0.15, 0.2) is 77.4 Å². The number of nitrogen functional groups attached to an aromatic ring is 1. The molecular formula is C35H40N8O4. The van der Waals surface area contributed by atoms with Crippen molar-refractivity contribution in [3.05, 3.63) is 83.1 Å². The van der Waals surface area contributed by atoms with Gasteiger partial charge in [-0.25, -0.2) is 14.8 Å². The Balaban J connectivity index is 1.18. The molecule has 0 bridgehead atoms. The minimum atomic E-state index is -0.489. The van der Waals surface area contributed by atoms with E-state index in [1.165, 1.54) is 6.33 Å². The first-order valence-corrected chi connectivity index (χ1v) is 16.0. The highest BCUT2D eigenvalue weighted by Gasteiger charge is 2.35. The fourth-order valence-electron chi connectivity index (χ4n) is 6.79. The molecule has 1 saturated heterocycles. The molecule has 6 rings (SSSR count). The fraction of sp³-hybridized carbons (Fsp3) is 0.400. The Labute approximate surface area is 273 Å². The van der Waals surface area contributed by atoms with Gasteiger partial charge in [-0.3, -0.25) is 18.8 Å². The van der Waals surface area contributed by atoms with Crippen LogP contribution in [-0.4, -0.2) is 67.3 Å². The molecule has 244 valence electrons. The van der Waals surface area contributed by atoms with E-state index in [1.54, 1.807) is 27.3 Å². The maximum absolute atomic E-state index is 14.0. The number of nitrogens with one attached hydrogen (secondary N) is 1. The van der Waals surface area contributed by atoms with Crippen LogP contribution in [-0.2, 0) is 9.53 Å². The number of carbonyl (C=O) groups is 1. The average Bonchev–Trinajstić information content (AvgIpc) is 3.35. The number of hydrogen-bond donors (Lipinski definition) is 2. The number of nitriles is 1. The normalized spacial score (nSPS) is 18.9. The van der Waals surface area contributed by atoms with Gasteiger partial charge in [-0.05, 0) is 88.5 Å². The molecule has 2 aliphatic rings. The number of nitrogens with two attached hydrogens (primary N) is 1. The third-order valence-corrected chi connectivity index (χ3v) is 9.16. The summed E-state index contributed by atoms with van der Waals surface area (Å²) in [6.07, 6.45) is 5.69. The highest BCUT2D eigenvalue weighted by Crippen LogP contribution is 2.32. The fourth-order valence-corrected chi connectivity index (χ4v) is 6.79. The molecule has 4 aromatic rings. The molecule has 0 atom stereocenters. The number of likely N-dealkylation sites (N-methyl/N-ethyl adjacent to an activating group) is 1. The minimum Gasteiger partial charge on any atom is -0.457 e. The third kappa shape index (κ3) is 6.50. The van der Waals surface area contributed by atoms with Gasteiger partial charge in [-0.15, -0.1) is 0 Å². The van der Waals surface area contributed by atoms with E-state index >= 15 is 0 Å². The monoisotopic (exact) mass is 636 g/mol. The summed E-state index contributed by atoms with van der Waals surface area (Å²) >= 11 is 0. The minimum absolute atomic E-state index is 0.0995. The van der Waals surface area contributed by atoms with Crippen LogP contribution in [0.25, 0.3) is 16.9 Å². The van der Waals surface area contributed by atoms with Crippen molar-refractivity contribution >= 4 is 22.9 Å². The first kappa shape index (κ1) is 32.0. The molecule has 3 N–H and O–H groups in total. The second-order valence-electron chi connectivity index (χ2n) is 12.6. The Bertz CT molecular complexity index is 1860. The number of imidazole rings is 1. The van der Waals surface area contributed by atoms with Crippen LogP contribution in [0.3, 0.4) is 0 Å². The molecule has 0 unspecified atom stereocenters. The van der Waals surface area contributed by atoms with E-state index < -0.39 is 5.54 Å². The average molecular weight is 637 g/mol. The molecule has 1 amide bonds. The number of benzene rings is 2. The van der Waals surface area contributed by atoms with Gasteiger partial charge in [0, 0.05) is 17.6 Å². The summed E-state index contributed by atoms with van der Waals surface area (Å²) in [6.45, 7) is 8.18. The van der Waals surface area contributed by atoms with E-state index in [4.69, 9.17) is 15.2 Å². The Hall–Kier alpha value is -4.99. The number of ether oxygens (including phenoxy) is 2. The zero-order chi connectivity index (χ0) is 33.1. The number of anilines is 1. The maximum atomic E-state index is 14.0. The number of nitrogens with zero attached hydrogens (tertiary/aromatic N) is 6. The largest absolute Gasteiger partial charge is 0.457 e. The molecule has 0 radical (unpaired) electrons. The van der Waals surface area contributed by atoms with Crippen molar-refractivity contribution in [2.24, 2.45) is 0 Å². The lowest BCUT2D eigenvalue weighted by molar-refractivity contribution is -0.118. The molecule has 2 fully saturated rings. The maximum Gasteiger partial charge on any atom is 0.335 e. The molecule has 2 aromatic carbocycles. The number of para-hydroxylation sites is 1. The van der Waals surface area contributed by atoms with Crippen LogP contribution in [0.4, 0.5) is 5.82 Å². The van der Waals surface area contributed by atoms with E-state index in [0.717, 1.165) is 6.54 Å². The van der Waals surface area contributed by atoms with E-state index in [-0.39, 0.29) is 41.1 Å². The standard InChI is InChI=1S/C35H40N8O4/c1-4-41(27-20-46-21-27)35(2,3)18-23(19-36)33(44)40-24-10-12-26(13-11-24)43-32-30(31(37)38-22-39-32)42(34(43)45)25-14-16-29(17-15-25)47-28-8-6-5-7-9-28/h5-9,14-18,22,24,26-27H,4,10-13,20-21H2,1-3H3,(H,40,44)(H2,37,38,39). The van der Waals surface area contributed by atoms with Crippen molar-refractivity contribution in [1.29, 1.82) is 5.26 Å². The number of carbonyl (C=O) groups excluding carboxylic acids is 1. The molecule has 2 aromatic heterocycles. The summed E-state index contributed by atoms with van der Waals surface area (Å²) in [4.78, 5) is 38.2. The van der Waals surface area contributed by atoms with Gasteiger partial charge in [-0.2, -0.15) is 5.26 Å². The lowest BCUT2D eigenvalue weighted by Crippen LogP contribution is -2.57. The highest BCUT2D eigenvalue weighted by molar-refractivity contribution is 5.97. The zero-order valence-electron chi connectivity index (χ0n) is 26.9. The van der Waals surface area contributed by atoms with Crippen molar-refractivity contribution in [2.45, 2.75) is 70.1 Å². The van der Waals surface area contributed by atoms with Gasteiger partial charge in [0.25, 0.3) is 5.91 Å². The second kappa shape index (κ2) is 13.4. The summed E-state index contributed by atoms with van der Waals surface area (Å²) in [7, 11) is 0. The van der Waals surface area contributed by atoms with Gasteiger partial charge in [0.2, 0.25) is 0 Å². The predicted molar refractivity (Wildman–Crippen MR) is 178 cm³/mol. The SMILES string of the molecule is CCN(C1COC1)C(C)(C)C=C(C#N)C(=O)NC1CCC(n2c(=O)n(-c3ccc(Oc4ccccc4)cc3)c3c(N)ncnc32)CC1. The summed E-state index contributed by atoms with van der Waals surface area (Å²) in [5.74, 6) is 1.18. The zero-order valence-corrected chi connectivity index (χ0v) is 26.9. The van der Waals surface area contributed by atoms with E-state index in [1.807, 2.05) is 56.3 Å². The van der Waals surface area contributed by atoms with Gasteiger partial charge < -0.3 is 20.5 Å². The van der Waals surface area contributed by atoms with E-state index in [2.05, 4.69) is 33.2 Å². The van der Waals surface area contributed by atoms with Crippen molar-refractivity contribution in [1.82, 2.24) is 29.3 Å². The Kier molecular flexibility index (Phi) is 9.11. The van der Waals surface area contributed by atoms with Crippen molar-refractivity contribution in [2.75, 3.05) is 25.5 Å². The van der Waals surface area contributed by atoms with Crippen molar-refractivity contribution in [3.63, 3.8) is 0 Å². The second-order valence-corrected chi connectivity index (χ2v) is 12.6. The van der Waals surface area contributed by atoms with Gasteiger partial charge in [0.15, 0.2) is 11.5 Å². The highest BCUT2D eigenvalue weighted by atomic mass is 16.5. The lowest BCUT2D eigenvalue weighted by Gasteiger charge is -2.45. The summed E-state index contributed by atoms with van der Waals surface area (Å²) in [5.41, 5.74) is 7.20. The Morgan fingerprint density at radius 1 is 1.11 bits per heavy atom. The van der Waals surface area contributed by atoms with Crippen LogP contribution < -0.4 is 21.5 Å². The molecule has 1 saturated carbocycles. The Morgan fingerprint density at radius 2 is 1.79 bits per heavy atom. The number of fused-ring (bicyclic) bond motifs is 1. The van der Waals surface area contributed by atoms with E-state index in [0.29, 0.717) is 67.2 Å². The summed E-state index contributed by atoms with van der Waals surface area (Å²) < 4.78 is 14.5. The molecule has 1 aliphatic carbocycles. The predicted octanol–water partition coefficient (Wildman–Crippen LogP) is 4.51. The van der Waals surface area contributed by atoms with Gasteiger partial charge >= 0.3 is 5.69 Å². The van der Waals surface area contributed by atoms with Crippen molar-refractivity contribution < 1.29 is 14.3 Å². The molecule has 0 spiro atoms. The molecule has 12 heteroatoms. The third-order valence-electron chi connectivity index (χ3n) is 9.16.